The van der Waals surface area contributed by atoms with Crippen LogP contribution in [0, 0.1) is 29.6 Å². The molecule has 0 radical (unpaired) electrons. The van der Waals surface area contributed by atoms with Gasteiger partial charge in [0.1, 0.15) is 18.5 Å². The molecule has 4 rings (SSSR count). The number of allylic oxidation sites excluding steroid dienone is 1. The Labute approximate surface area is 195 Å². The molecule has 0 bridgehead atoms. The lowest BCUT2D eigenvalue weighted by molar-refractivity contribution is 0.306. The topological polar surface area (TPSA) is 85.5 Å². The normalized spacial score (nSPS) is 11.2. The van der Waals surface area contributed by atoms with E-state index in [2.05, 4.69) is 22.1 Å². The van der Waals surface area contributed by atoms with Gasteiger partial charge in [-0.3, -0.25) is 0 Å². The SMILES string of the molecule is Cc1ccc2nc(/C(C#N)=C\c3cc(Cl)c(OCc4ccccc4C#N)c(Cl)c3)[nH]c2c1. The third-order valence-electron chi connectivity index (χ3n) is 4.85. The van der Waals surface area contributed by atoms with Gasteiger partial charge in [-0.25, -0.2) is 4.98 Å². The first-order chi connectivity index (χ1) is 15.5. The molecule has 156 valence electrons. The minimum absolute atomic E-state index is 0.153. The minimum atomic E-state index is 0.153. The Balaban J connectivity index is 1.62. The molecule has 3 aromatic carbocycles. The second-order valence-electron chi connectivity index (χ2n) is 7.15. The smallest absolute Gasteiger partial charge is 0.157 e. The molecular formula is C25H16Cl2N4O. The molecule has 1 N–H and O–H groups in total. The number of H-pyrrole nitrogens is 1. The number of rotatable bonds is 5. The molecule has 0 aliphatic rings. The molecule has 4 aromatic rings. The monoisotopic (exact) mass is 458 g/mol. The average molecular weight is 459 g/mol. The highest BCUT2D eigenvalue weighted by atomic mass is 35.5. The number of nitriles is 2. The van der Waals surface area contributed by atoms with Crippen LogP contribution in [0.2, 0.25) is 10.0 Å². The van der Waals surface area contributed by atoms with Crippen LogP contribution < -0.4 is 4.74 Å². The van der Waals surface area contributed by atoms with Crippen LogP contribution in [0.25, 0.3) is 22.7 Å². The van der Waals surface area contributed by atoms with Crippen molar-refractivity contribution in [1.29, 1.82) is 10.5 Å². The predicted molar refractivity (Wildman–Crippen MR) is 126 cm³/mol. The Kier molecular flexibility index (Phi) is 6.14. The predicted octanol–water partition coefficient (Wildman–Crippen LogP) is 6.69. The Morgan fingerprint density at radius 3 is 2.56 bits per heavy atom. The molecule has 0 unspecified atom stereocenters. The number of nitrogens with zero attached hydrogens (tertiary/aromatic N) is 3. The molecule has 1 aromatic heterocycles. The maximum absolute atomic E-state index is 9.68. The minimum Gasteiger partial charge on any atom is -0.486 e. The van der Waals surface area contributed by atoms with E-state index in [0.29, 0.717) is 38.3 Å². The molecule has 0 aliphatic carbocycles. The van der Waals surface area contributed by atoms with Gasteiger partial charge in [0.15, 0.2) is 5.75 Å². The second-order valence-corrected chi connectivity index (χ2v) is 7.96. The second kappa shape index (κ2) is 9.16. The fraction of sp³-hybridized carbons (Fsp3) is 0.0800. The summed E-state index contributed by atoms with van der Waals surface area (Å²) in [6.45, 7) is 2.15. The standard InChI is InChI=1S/C25H16Cl2N4O/c1-15-6-7-22-23(8-15)31-25(30-22)19(13-29)9-16-10-20(26)24(21(27)11-16)32-14-18-5-3-2-4-17(18)12-28/h2-11H,14H2,1H3,(H,30,31)/b19-9-. The van der Waals surface area contributed by atoms with Crippen LogP contribution in [-0.4, -0.2) is 9.97 Å². The van der Waals surface area contributed by atoms with Gasteiger partial charge in [0.2, 0.25) is 0 Å². The summed E-state index contributed by atoms with van der Waals surface area (Å²) in [7, 11) is 0. The van der Waals surface area contributed by atoms with E-state index in [4.69, 9.17) is 27.9 Å². The van der Waals surface area contributed by atoms with E-state index in [1.165, 1.54) is 0 Å². The van der Waals surface area contributed by atoms with Crippen LogP contribution in [0.4, 0.5) is 0 Å². The lowest BCUT2D eigenvalue weighted by atomic mass is 10.1. The molecule has 0 saturated heterocycles. The van der Waals surface area contributed by atoms with E-state index in [9.17, 15) is 10.5 Å². The number of aromatic nitrogens is 2. The molecule has 7 heteroatoms. The van der Waals surface area contributed by atoms with Gasteiger partial charge in [0.25, 0.3) is 0 Å². The van der Waals surface area contributed by atoms with Gasteiger partial charge in [-0.1, -0.05) is 47.5 Å². The Morgan fingerprint density at radius 2 is 1.84 bits per heavy atom. The summed E-state index contributed by atoms with van der Waals surface area (Å²) in [5.74, 6) is 0.782. The molecule has 0 spiro atoms. The first-order valence-electron chi connectivity index (χ1n) is 9.67. The highest BCUT2D eigenvalue weighted by Crippen LogP contribution is 2.36. The molecule has 0 aliphatic heterocycles. The fourth-order valence-electron chi connectivity index (χ4n) is 3.28. The highest BCUT2D eigenvalue weighted by Gasteiger charge is 2.13. The summed E-state index contributed by atoms with van der Waals surface area (Å²) < 4.78 is 5.80. The zero-order chi connectivity index (χ0) is 22.7. The molecule has 0 amide bonds. The third-order valence-corrected chi connectivity index (χ3v) is 5.42. The van der Waals surface area contributed by atoms with Crippen LogP contribution in [0.5, 0.6) is 5.75 Å². The Morgan fingerprint density at radius 1 is 1.09 bits per heavy atom. The van der Waals surface area contributed by atoms with Crippen LogP contribution in [-0.2, 0) is 6.61 Å². The van der Waals surface area contributed by atoms with Gasteiger partial charge >= 0.3 is 0 Å². The first kappa shape index (κ1) is 21.5. The van der Waals surface area contributed by atoms with E-state index in [1.54, 1.807) is 30.3 Å². The number of aryl methyl sites for hydroxylation is 1. The van der Waals surface area contributed by atoms with Crippen LogP contribution in [0.3, 0.4) is 0 Å². The lowest BCUT2D eigenvalue weighted by Gasteiger charge is -2.12. The fourth-order valence-corrected chi connectivity index (χ4v) is 3.89. The van der Waals surface area contributed by atoms with E-state index in [-0.39, 0.29) is 6.61 Å². The number of aromatic amines is 1. The summed E-state index contributed by atoms with van der Waals surface area (Å²) >= 11 is 12.8. The van der Waals surface area contributed by atoms with Crippen molar-refractivity contribution in [2.45, 2.75) is 13.5 Å². The number of hydrogen-bond donors (Lipinski definition) is 1. The Hall–Kier alpha value is -3.77. The maximum atomic E-state index is 9.68. The summed E-state index contributed by atoms with van der Waals surface area (Å²) in [4.78, 5) is 7.68. The third kappa shape index (κ3) is 4.45. The van der Waals surface area contributed by atoms with Crippen molar-refractivity contribution < 1.29 is 4.74 Å². The lowest BCUT2D eigenvalue weighted by Crippen LogP contribution is -1.99. The summed E-state index contributed by atoms with van der Waals surface area (Å²) in [5, 5.41) is 19.5. The molecule has 0 atom stereocenters. The summed E-state index contributed by atoms with van der Waals surface area (Å²) in [6.07, 6.45) is 1.66. The highest BCUT2D eigenvalue weighted by molar-refractivity contribution is 6.37. The maximum Gasteiger partial charge on any atom is 0.157 e. The van der Waals surface area contributed by atoms with E-state index in [0.717, 1.165) is 22.2 Å². The van der Waals surface area contributed by atoms with Crippen molar-refractivity contribution in [2.75, 3.05) is 0 Å². The number of imidazole rings is 1. The molecule has 1 heterocycles. The number of hydrogen-bond acceptors (Lipinski definition) is 4. The number of halogens is 2. The van der Waals surface area contributed by atoms with Crippen LogP contribution in [0.15, 0.2) is 54.6 Å². The largest absolute Gasteiger partial charge is 0.486 e. The van der Waals surface area contributed by atoms with Gasteiger partial charge in [0.05, 0.1) is 38.3 Å². The molecule has 0 saturated carbocycles. The van der Waals surface area contributed by atoms with E-state index in [1.807, 2.05) is 37.3 Å². The average Bonchev–Trinajstić information content (AvgIpc) is 3.20. The number of fused-ring (bicyclic) bond motifs is 1. The van der Waals surface area contributed by atoms with Crippen molar-refractivity contribution in [1.82, 2.24) is 9.97 Å². The van der Waals surface area contributed by atoms with Crippen molar-refractivity contribution in [3.63, 3.8) is 0 Å². The van der Waals surface area contributed by atoms with Gasteiger partial charge in [-0.05, 0) is 54.5 Å². The zero-order valence-corrected chi connectivity index (χ0v) is 18.5. The number of benzene rings is 3. The first-order valence-corrected chi connectivity index (χ1v) is 10.4. The van der Waals surface area contributed by atoms with Crippen molar-refractivity contribution >= 4 is 45.9 Å². The number of nitrogens with one attached hydrogen (secondary N) is 1. The van der Waals surface area contributed by atoms with Gasteiger partial charge < -0.3 is 9.72 Å². The van der Waals surface area contributed by atoms with Crippen LogP contribution >= 0.6 is 23.2 Å². The molecule has 32 heavy (non-hydrogen) atoms. The quantitative estimate of drug-likeness (QED) is 0.337. The van der Waals surface area contributed by atoms with Crippen molar-refractivity contribution in [3.05, 3.63) is 92.7 Å². The number of ether oxygens (including phenoxy) is 1. The molecule has 5 nitrogen and oxygen atoms in total. The molecular weight excluding hydrogens is 443 g/mol. The summed E-state index contributed by atoms with van der Waals surface area (Å²) in [5.41, 5.74) is 4.99. The Bertz CT molecular complexity index is 1420. The zero-order valence-electron chi connectivity index (χ0n) is 17.0. The van der Waals surface area contributed by atoms with Crippen LogP contribution in [0.1, 0.15) is 28.1 Å². The summed E-state index contributed by atoms with van der Waals surface area (Å²) in [6, 6.07) is 20.7. The van der Waals surface area contributed by atoms with E-state index < -0.39 is 0 Å². The van der Waals surface area contributed by atoms with Gasteiger partial charge in [-0.15, -0.1) is 0 Å². The van der Waals surface area contributed by atoms with Gasteiger partial charge in [0, 0.05) is 5.56 Å². The van der Waals surface area contributed by atoms with Crippen molar-refractivity contribution in [2.24, 2.45) is 0 Å². The van der Waals surface area contributed by atoms with Gasteiger partial charge in [-0.2, -0.15) is 10.5 Å². The molecule has 0 fully saturated rings. The van der Waals surface area contributed by atoms with Crippen molar-refractivity contribution in [3.8, 4) is 17.9 Å². The van der Waals surface area contributed by atoms with E-state index >= 15 is 0 Å².